The molecule has 0 heterocycles. The molecule has 0 aliphatic heterocycles. The Morgan fingerprint density at radius 2 is 2.17 bits per heavy atom. The predicted molar refractivity (Wildman–Crippen MR) is 50.5 cm³/mol. The molecule has 0 saturated carbocycles. The van der Waals surface area contributed by atoms with Gasteiger partial charge in [-0.15, -0.1) is 0 Å². The smallest absolute Gasteiger partial charge is 0.258 e. The Morgan fingerprint density at radius 1 is 1.58 bits per heavy atom. The van der Waals surface area contributed by atoms with Gasteiger partial charge in [-0.2, -0.15) is 0 Å². The third-order valence-corrected chi connectivity index (χ3v) is 2.10. The zero-order valence-corrected chi connectivity index (χ0v) is 8.33. The SMILES string of the molecule is Cc1c(F)cc(I)cc1[N+](=O)[O-]. The fourth-order valence-electron chi connectivity index (χ4n) is 0.822. The number of rotatable bonds is 1. The van der Waals surface area contributed by atoms with Crippen molar-refractivity contribution in [3.8, 4) is 0 Å². The molecule has 0 aliphatic carbocycles. The minimum absolute atomic E-state index is 0.0837. The van der Waals surface area contributed by atoms with Gasteiger partial charge in [0.05, 0.1) is 10.5 Å². The molecule has 0 spiro atoms. The second-order valence-corrected chi connectivity index (χ2v) is 3.53. The van der Waals surface area contributed by atoms with Crippen molar-refractivity contribution in [3.63, 3.8) is 0 Å². The summed E-state index contributed by atoms with van der Waals surface area (Å²) < 4.78 is 13.4. The van der Waals surface area contributed by atoms with Crippen LogP contribution in [0.15, 0.2) is 12.1 Å². The maximum absolute atomic E-state index is 12.9. The number of nitrogens with zero attached hydrogens (tertiary/aromatic N) is 1. The van der Waals surface area contributed by atoms with E-state index in [0.717, 1.165) is 0 Å². The van der Waals surface area contributed by atoms with Crippen molar-refractivity contribution in [1.29, 1.82) is 0 Å². The Morgan fingerprint density at radius 3 is 2.67 bits per heavy atom. The van der Waals surface area contributed by atoms with Crippen LogP contribution in [0.5, 0.6) is 0 Å². The van der Waals surface area contributed by atoms with Gasteiger partial charge in [-0.25, -0.2) is 4.39 Å². The molecule has 1 aromatic carbocycles. The van der Waals surface area contributed by atoms with Crippen LogP contribution in [0.4, 0.5) is 10.1 Å². The lowest BCUT2D eigenvalue weighted by atomic mass is 10.2. The average molecular weight is 281 g/mol. The summed E-state index contributed by atoms with van der Waals surface area (Å²) in [5.74, 6) is -0.534. The molecule has 0 saturated heterocycles. The van der Waals surface area contributed by atoms with E-state index in [1.54, 1.807) is 0 Å². The predicted octanol–water partition coefficient (Wildman–Crippen LogP) is 2.65. The summed E-state index contributed by atoms with van der Waals surface area (Å²) in [7, 11) is 0. The lowest BCUT2D eigenvalue weighted by Gasteiger charge is -1.98. The van der Waals surface area contributed by atoms with E-state index in [2.05, 4.69) is 0 Å². The van der Waals surface area contributed by atoms with Crippen molar-refractivity contribution in [1.82, 2.24) is 0 Å². The van der Waals surface area contributed by atoms with E-state index in [0.29, 0.717) is 3.57 Å². The second-order valence-electron chi connectivity index (χ2n) is 2.29. The van der Waals surface area contributed by atoms with E-state index >= 15 is 0 Å². The molecule has 0 aliphatic rings. The highest BCUT2D eigenvalue weighted by atomic mass is 127. The molecule has 0 unspecified atom stereocenters. The first-order valence-electron chi connectivity index (χ1n) is 3.12. The van der Waals surface area contributed by atoms with Crippen LogP contribution in [0, 0.1) is 26.4 Å². The first-order valence-corrected chi connectivity index (χ1v) is 4.20. The number of nitro benzene ring substituents is 1. The van der Waals surface area contributed by atoms with E-state index in [1.807, 2.05) is 22.6 Å². The van der Waals surface area contributed by atoms with Crippen LogP contribution in [-0.4, -0.2) is 4.92 Å². The second kappa shape index (κ2) is 3.34. The van der Waals surface area contributed by atoms with Crippen molar-refractivity contribution < 1.29 is 9.31 Å². The van der Waals surface area contributed by atoms with E-state index in [1.165, 1.54) is 19.1 Å². The lowest BCUT2D eigenvalue weighted by Crippen LogP contribution is -1.95. The summed E-state index contributed by atoms with van der Waals surface area (Å²) in [6, 6.07) is 2.61. The monoisotopic (exact) mass is 281 g/mol. The van der Waals surface area contributed by atoms with E-state index in [-0.39, 0.29) is 11.3 Å². The number of hydrogen-bond acceptors (Lipinski definition) is 2. The zero-order valence-electron chi connectivity index (χ0n) is 6.17. The molecule has 1 aromatic rings. The minimum atomic E-state index is -0.583. The molecule has 0 fully saturated rings. The number of nitro groups is 1. The van der Waals surface area contributed by atoms with Crippen molar-refractivity contribution in [2.75, 3.05) is 0 Å². The van der Waals surface area contributed by atoms with Gasteiger partial charge in [0.25, 0.3) is 5.69 Å². The topological polar surface area (TPSA) is 43.1 Å². The molecule has 1 rings (SSSR count). The van der Waals surface area contributed by atoms with Crippen LogP contribution in [0.1, 0.15) is 5.56 Å². The fourth-order valence-corrected chi connectivity index (χ4v) is 1.39. The third kappa shape index (κ3) is 1.71. The normalized spacial score (nSPS) is 9.92. The fraction of sp³-hybridized carbons (Fsp3) is 0.143. The van der Waals surface area contributed by atoms with Crippen LogP contribution < -0.4 is 0 Å². The van der Waals surface area contributed by atoms with E-state index in [4.69, 9.17) is 0 Å². The van der Waals surface area contributed by atoms with Gasteiger partial charge in [-0.1, -0.05) is 0 Å². The lowest BCUT2D eigenvalue weighted by molar-refractivity contribution is -0.385. The highest BCUT2D eigenvalue weighted by molar-refractivity contribution is 14.1. The van der Waals surface area contributed by atoms with Crippen LogP contribution in [0.25, 0.3) is 0 Å². The summed E-state index contributed by atoms with van der Waals surface area (Å²) in [5, 5.41) is 10.4. The molecule has 64 valence electrons. The summed E-state index contributed by atoms with van der Waals surface area (Å²) >= 11 is 1.84. The molecule has 12 heavy (non-hydrogen) atoms. The van der Waals surface area contributed by atoms with Gasteiger partial charge in [0.1, 0.15) is 5.82 Å². The Bertz CT molecular complexity index is 340. The van der Waals surface area contributed by atoms with Gasteiger partial charge in [0, 0.05) is 9.64 Å². The Balaban J connectivity index is 3.37. The van der Waals surface area contributed by atoms with Crippen LogP contribution >= 0.6 is 22.6 Å². The molecular formula is C7H5FINO2. The van der Waals surface area contributed by atoms with Gasteiger partial charge in [0.15, 0.2) is 0 Å². The van der Waals surface area contributed by atoms with Crippen molar-refractivity contribution in [2.24, 2.45) is 0 Å². The Hall–Kier alpha value is -0.720. The maximum Gasteiger partial charge on any atom is 0.276 e. The van der Waals surface area contributed by atoms with E-state index in [9.17, 15) is 14.5 Å². The minimum Gasteiger partial charge on any atom is -0.258 e. The van der Waals surface area contributed by atoms with Crippen molar-refractivity contribution in [2.45, 2.75) is 6.92 Å². The van der Waals surface area contributed by atoms with Gasteiger partial charge < -0.3 is 0 Å². The molecule has 5 heteroatoms. The summed E-state index contributed by atoms with van der Waals surface area (Å²) in [4.78, 5) is 9.78. The molecular weight excluding hydrogens is 276 g/mol. The number of benzene rings is 1. The Kier molecular flexibility index (Phi) is 2.61. The average Bonchev–Trinajstić information content (AvgIpc) is 1.96. The van der Waals surface area contributed by atoms with Crippen LogP contribution in [0.2, 0.25) is 0 Å². The van der Waals surface area contributed by atoms with E-state index < -0.39 is 10.7 Å². The first-order chi connectivity index (χ1) is 5.52. The van der Waals surface area contributed by atoms with Crippen molar-refractivity contribution in [3.05, 3.63) is 37.2 Å². The van der Waals surface area contributed by atoms with Crippen LogP contribution in [0.3, 0.4) is 0 Å². The quantitative estimate of drug-likeness (QED) is 0.451. The number of halogens is 2. The molecule has 0 atom stereocenters. The number of hydrogen-bond donors (Lipinski definition) is 0. The van der Waals surface area contributed by atoms with Crippen LogP contribution in [-0.2, 0) is 0 Å². The largest absolute Gasteiger partial charge is 0.276 e. The molecule has 3 nitrogen and oxygen atoms in total. The third-order valence-electron chi connectivity index (χ3n) is 1.48. The van der Waals surface area contributed by atoms with Crippen molar-refractivity contribution >= 4 is 28.3 Å². The Labute approximate surface area is 81.9 Å². The summed E-state index contributed by atoms with van der Waals surface area (Å²) in [6.07, 6.45) is 0. The molecule has 0 bridgehead atoms. The molecule has 0 radical (unpaired) electrons. The molecule has 0 amide bonds. The summed E-state index contributed by atoms with van der Waals surface area (Å²) in [6.45, 7) is 1.39. The standard InChI is InChI=1S/C7H5FINO2/c1-4-6(8)2-5(9)3-7(4)10(11)12/h2-3H,1H3. The van der Waals surface area contributed by atoms with Gasteiger partial charge in [-0.3, -0.25) is 10.1 Å². The summed E-state index contributed by atoms with van der Waals surface area (Å²) in [5.41, 5.74) is -0.0835. The van der Waals surface area contributed by atoms with Gasteiger partial charge in [0.2, 0.25) is 0 Å². The first kappa shape index (κ1) is 9.37. The maximum atomic E-state index is 12.9. The highest BCUT2D eigenvalue weighted by Gasteiger charge is 2.14. The van der Waals surface area contributed by atoms with Gasteiger partial charge >= 0.3 is 0 Å². The molecule has 0 aromatic heterocycles. The highest BCUT2D eigenvalue weighted by Crippen LogP contribution is 2.23. The molecule has 0 N–H and O–H groups in total. The zero-order chi connectivity index (χ0) is 9.30. The van der Waals surface area contributed by atoms with Gasteiger partial charge in [-0.05, 0) is 35.6 Å².